The van der Waals surface area contributed by atoms with E-state index in [1.165, 1.54) is 0 Å². The number of ether oxygens (including phenoxy) is 1. The monoisotopic (exact) mass is 262 g/mol. The molecule has 0 aromatic carbocycles. The van der Waals surface area contributed by atoms with Crippen molar-refractivity contribution in [2.45, 2.75) is 26.7 Å². The van der Waals surface area contributed by atoms with Crippen LogP contribution in [0.25, 0.3) is 0 Å². The minimum Gasteiger partial charge on any atom is -0.478 e. The van der Waals surface area contributed by atoms with Gasteiger partial charge in [0, 0.05) is 24.6 Å². The first-order valence-electron chi connectivity index (χ1n) is 6.74. The summed E-state index contributed by atoms with van der Waals surface area (Å²) in [5.74, 6) is 1.90. The largest absolute Gasteiger partial charge is 0.478 e. The molecule has 0 saturated carbocycles. The van der Waals surface area contributed by atoms with Gasteiger partial charge in [-0.15, -0.1) is 0 Å². The summed E-state index contributed by atoms with van der Waals surface area (Å²) >= 11 is 0. The number of anilines is 1. The molecule has 0 radical (unpaired) electrons. The van der Waals surface area contributed by atoms with E-state index in [4.69, 9.17) is 15.9 Å². The summed E-state index contributed by atoms with van der Waals surface area (Å²) in [6.07, 6.45) is 1.78. The third kappa shape index (κ3) is 2.97. The van der Waals surface area contributed by atoms with Gasteiger partial charge in [0.25, 0.3) is 0 Å². The van der Waals surface area contributed by atoms with Gasteiger partial charge >= 0.3 is 0 Å². The first-order valence-corrected chi connectivity index (χ1v) is 6.74. The molecule has 0 unspecified atom stereocenters. The van der Waals surface area contributed by atoms with Crippen molar-refractivity contribution in [1.82, 2.24) is 4.98 Å². The molecule has 0 spiro atoms. The summed E-state index contributed by atoms with van der Waals surface area (Å²) in [6, 6.07) is 5.84. The van der Waals surface area contributed by atoms with E-state index in [0.29, 0.717) is 18.3 Å². The molecule has 1 aromatic heterocycles. The molecule has 19 heavy (non-hydrogen) atoms. The molecule has 1 fully saturated rings. The number of piperidine rings is 1. The number of nitrogens with one attached hydrogen (secondary N) is 1. The number of pyridine rings is 1. The van der Waals surface area contributed by atoms with Gasteiger partial charge in [0.15, 0.2) is 0 Å². The lowest BCUT2D eigenvalue weighted by molar-refractivity contribution is 0.324. The zero-order valence-corrected chi connectivity index (χ0v) is 11.6. The summed E-state index contributed by atoms with van der Waals surface area (Å²) in [6.45, 7) is 6.39. The molecule has 0 atom stereocenters. The maximum Gasteiger partial charge on any atom is 0.215 e. The molecule has 1 aliphatic heterocycles. The zero-order chi connectivity index (χ0) is 13.9. The average molecular weight is 262 g/mol. The molecule has 1 saturated heterocycles. The van der Waals surface area contributed by atoms with Crippen LogP contribution in [-0.2, 0) is 0 Å². The molecule has 0 bridgehead atoms. The highest BCUT2D eigenvalue weighted by Gasteiger charge is 2.33. The Bertz CT molecular complexity index is 453. The third-order valence-corrected chi connectivity index (χ3v) is 3.84. The van der Waals surface area contributed by atoms with Crippen LogP contribution in [0.1, 0.15) is 26.7 Å². The number of aromatic nitrogens is 1. The highest BCUT2D eigenvalue weighted by molar-refractivity contribution is 5.83. The van der Waals surface area contributed by atoms with Gasteiger partial charge < -0.3 is 15.4 Å². The van der Waals surface area contributed by atoms with E-state index in [2.05, 4.69) is 16.8 Å². The molecule has 3 N–H and O–H groups in total. The van der Waals surface area contributed by atoms with Crippen LogP contribution in [-0.4, -0.2) is 30.5 Å². The predicted octanol–water partition coefficient (Wildman–Crippen LogP) is 2.02. The second-order valence-corrected chi connectivity index (χ2v) is 5.23. The van der Waals surface area contributed by atoms with Gasteiger partial charge in [-0.1, -0.05) is 13.0 Å². The van der Waals surface area contributed by atoms with Gasteiger partial charge in [-0.25, -0.2) is 0 Å². The van der Waals surface area contributed by atoms with Crippen molar-refractivity contribution < 1.29 is 4.74 Å². The number of rotatable bonds is 4. The Morgan fingerprint density at radius 1 is 1.47 bits per heavy atom. The molecule has 2 heterocycles. The Kier molecular flexibility index (Phi) is 3.93. The Hall–Kier alpha value is -1.78. The van der Waals surface area contributed by atoms with Crippen LogP contribution >= 0.6 is 0 Å². The maximum atomic E-state index is 7.67. The molecular weight excluding hydrogens is 240 g/mol. The number of hydrogen-bond donors (Lipinski definition) is 2. The van der Waals surface area contributed by atoms with E-state index in [0.717, 1.165) is 31.7 Å². The standard InChI is InChI=1S/C14H22N4O/c1-3-19-12-6-4-5-11(17-12)18-9-7-14(2,8-10-18)13(15)16/h4-6H,3,7-10H2,1-2H3,(H3,15,16). The number of nitrogens with zero attached hydrogens (tertiary/aromatic N) is 2. The van der Waals surface area contributed by atoms with Crippen molar-refractivity contribution in [2.75, 3.05) is 24.6 Å². The Morgan fingerprint density at radius 3 is 2.74 bits per heavy atom. The quantitative estimate of drug-likeness (QED) is 0.643. The molecule has 5 nitrogen and oxygen atoms in total. The second-order valence-electron chi connectivity index (χ2n) is 5.23. The van der Waals surface area contributed by atoms with Crippen LogP contribution in [0.4, 0.5) is 5.82 Å². The van der Waals surface area contributed by atoms with Crippen LogP contribution in [0, 0.1) is 10.8 Å². The van der Waals surface area contributed by atoms with E-state index >= 15 is 0 Å². The summed E-state index contributed by atoms with van der Waals surface area (Å²) in [7, 11) is 0. The fourth-order valence-electron chi connectivity index (χ4n) is 2.31. The Labute approximate surface area is 114 Å². The lowest BCUT2D eigenvalue weighted by Crippen LogP contribution is -2.45. The van der Waals surface area contributed by atoms with Crippen molar-refractivity contribution in [3.05, 3.63) is 18.2 Å². The normalized spacial score (nSPS) is 18.1. The number of hydrogen-bond acceptors (Lipinski definition) is 4. The number of nitrogens with two attached hydrogens (primary N) is 1. The highest BCUT2D eigenvalue weighted by atomic mass is 16.5. The lowest BCUT2D eigenvalue weighted by Gasteiger charge is -2.39. The van der Waals surface area contributed by atoms with E-state index < -0.39 is 0 Å². The fraction of sp³-hybridized carbons (Fsp3) is 0.571. The first-order chi connectivity index (χ1) is 9.05. The maximum absolute atomic E-state index is 7.67. The summed E-state index contributed by atoms with van der Waals surface area (Å²) in [5.41, 5.74) is 5.52. The van der Waals surface area contributed by atoms with E-state index in [1.54, 1.807) is 0 Å². The topological polar surface area (TPSA) is 75.2 Å². The van der Waals surface area contributed by atoms with Crippen molar-refractivity contribution in [3.63, 3.8) is 0 Å². The minimum atomic E-state index is -0.159. The molecular formula is C14H22N4O. The number of amidine groups is 1. The Morgan fingerprint density at radius 2 is 2.16 bits per heavy atom. The van der Waals surface area contributed by atoms with Crippen LogP contribution in [0.5, 0.6) is 5.88 Å². The summed E-state index contributed by atoms with van der Waals surface area (Å²) in [5, 5.41) is 7.67. The Balaban J connectivity index is 2.05. The lowest BCUT2D eigenvalue weighted by atomic mass is 9.79. The van der Waals surface area contributed by atoms with Gasteiger partial charge in [0.2, 0.25) is 5.88 Å². The minimum absolute atomic E-state index is 0.159. The average Bonchev–Trinajstić information content (AvgIpc) is 2.40. The molecule has 2 rings (SSSR count). The molecule has 1 aliphatic rings. The van der Waals surface area contributed by atoms with Crippen molar-refractivity contribution >= 4 is 11.7 Å². The predicted molar refractivity (Wildman–Crippen MR) is 76.9 cm³/mol. The van der Waals surface area contributed by atoms with Gasteiger partial charge in [-0.05, 0) is 25.8 Å². The van der Waals surface area contributed by atoms with Crippen LogP contribution in [0.2, 0.25) is 0 Å². The fourth-order valence-corrected chi connectivity index (χ4v) is 2.31. The molecule has 0 amide bonds. The summed E-state index contributed by atoms with van der Waals surface area (Å²) in [4.78, 5) is 6.73. The van der Waals surface area contributed by atoms with Crippen molar-refractivity contribution in [2.24, 2.45) is 11.1 Å². The molecule has 5 heteroatoms. The summed E-state index contributed by atoms with van der Waals surface area (Å²) < 4.78 is 5.42. The van der Waals surface area contributed by atoms with Crippen molar-refractivity contribution in [3.8, 4) is 5.88 Å². The molecule has 1 aromatic rings. The van der Waals surface area contributed by atoms with Crippen LogP contribution in [0.15, 0.2) is 18.2 Å². The van der Waals surface area contributed by atoms with Gasteiger partial charge in [0.05, 0.1) is 12.4 Å². The highest BCUT2D eigenvalue weighted by Crippen LogP contribution is 2.32. The SMILES string of the molecule is CCOc1cccc(N2CCC(C)(C(=N)N)CC2)n1. The molecule has 0 aliphatic carbocycles. The van der Waals surface area contributed by atoms with E-state index in [9.17, 15) is 0 Å². The van der Waals surface area contributed by atoms with Gasteiger partial charge in [0.1, 0.15) is 5.82 Å². The zero-order valence-electron chi connectivity index (χ0n) is 11.6. The van der Waals surface area contributed by atoms with Gasteiger partial charge in [-0.2, -0.15) is 4.98 Å². The third-order valence-electron chi connectivity index (χ3n) is 3.84. The van der Waals surface area contributed by atoms with E-state index in [1.807, 2.05) is 25.1 Å². The second kappa shape index (κ2) is 5.47. The van der Waals surface area contributed by atoms with Gasteiger partial charge in [-0.3, -0.25) is 5.41 Å². The first kappa shape index (κ1) is 13.6. The molecule has 104 valence electrons. The van der Waals surface area contributed by atoms with Crippen LogP contribution < -0.4 is 15.4 Å². The smallest absolute Gasteiger partial charge is 0.215 e. The van der Waals surface area contributed by atoms with Crippen LogP contribution in [0.3, 0.4) is 0 Å². The van der Waals surface area contributed by atoms with Crippen molar-refractivity contribution in [1.29, 1.82) is 5.41 Å². The van der Waals surface area contributed by atoms with E-state index in [-0.39, 0.29) is 5.41 Å².